The average molecular weight is 227 g/mol. The van der Waals surface area contributed by atoms with Crippen LogP contribution in [-0.2, 0) is 0 Å². The summed E-state index contributed by atoms with van der Waals surface area (Å²) in [5.74, 6) is 0. The molecular weight excluding hydrogens is 216 g/mol. The number of halogens is 1. The molecule has 1 atom stereocenters. The third kappa shape index (κ3) is 2.43. The minimum absolute atomic E-state index is 0.0319. The van der Waals surface area contributed by atoms with Gasteiger partial charge in [0.2, 0.25) is 0 Å². The lowest BCUT2D eigenvalue weighted by molar-refractivity contribution is 0.713. The topological polar surface area (TPSA) is 38.9 Å². The first-order valence-electron chi connectivity index (χ1n) is 3.72. The van der Waals surface area contributed by atoms with Gasteiger partial charge in [0.05, 0.1) is 11.7 Å². The average Bonchev–Trinajstić information content (AvgIpc) is 2.06. The second kappa shape index (κ2) is 4.38. The summed E-state index contributed by atoms with van der Waals surface area (Å²) in [4.78, 5) is 4.18. The SMILES string of the molecule is C=CCC(N)c1ccc(Br)cn1. The Bertz CT molecular complexity index is 256. The third-order valence-electron chi connectivity index (χ3n) is 1.55. The predicted octanol–water partition coefficient (Wildman–Crippen LogP) is 2.42. The summed E-state index contributed by atoms with van der Waals surface area (Å²) >= 11 is 3.31. The summed E-state index contributed by atoms with van der Waals surface area (Å²) in [6.45, 7) is 3.63. The van der Waals surface area contributed by atoms with E-state index in [4.69, 9.17) is 5.73 Å². The predicted molar refractivity (Wildman–Crippen MR) is 53.7 cm³/mol. The quantitative estimate of drug-likeness (QED) is 0.805. The molecule has 0 saturated heterocycles. The maximum absolute atomic E-state index is 5.81. The van der Waals surface area contributed by atoms with Crippen LogP contribution in [0.3, 0.4) is 0 Å². The lowest BCUT2D eigenvalue weighted by Gasteiger charge is -2.07. The standard InChI is InChI=1S/C9H11BrN2/c1-2-3-8(11)9-5-4-7(10)6-12-9/h2,4-6,8H,1,3,11H2. The van der Waals surface area contributed by atoms with Crippen LogP contribution in [0.5, 0.6) is 0 Å². The van der Waals surface area contributed by atoms with Gasteiger partial charge in [0.15, 0.2) is 0 Å². The van der Waals surface area contributed by atoms with Crippen molar-refractivity contribution in [1.82, 2.24) is 4.98 Å². The van der Waals surface area contributed by atoms with E-state index in [1.54, 1.807) is 12.3 Å². The molecule has 0 bridgehead atoms. The van der Waals surface area contributed by atoms with Gasteiger partial charge in [-0.1, -0.05) is 6.08 Å². The van der Waals surface area contributed by atoms with Crippen LogP contribution in [0.1, 0.15) is 18.2 Å². The van der Waals surface area contributed by atoms with Gasteiger partial charge in [-0.05, 0) is 34.5 Å². The van der Waals surface area contributed by atoms with Crippen molar-refractivity contribution in [2.75, 3.05) is 0 Å². The Morgan fingerprint density at radius 3 is 2.92 bits per heavy atom. The molecule has 0 fully saturated rings. The monoisotopic (exact) mass is 226 g/mol. The van der Waals surface area contributed by atoms with Crippen molar-refractivity contribution in [3.63, 3.8) is 0 Å². The van der Waals surface area contributed by atoms with Crippen molar-refractivity contribution in [3.05, 3.63) is 41.2 Å². The second-order valence-electron chi connectivity index (χ2n) is 2.53. The van der Waals surface area contributed by atoms with E-state index in [0.717, 1.165) is 16.6 Å². The molecule has 0 spiro atoms. The number of aromatic nitrogens is 1. The van der Waals surface area contributed by atoms with E-state index in [2.05, 4.69) is 27.5 Å². The van der Waals surface area contributed by atoms with Gasteiger partial charge in [-0.3, -0.25) is 4.98 Å². The molecular formula is C9H11BrN2. The Labute approximate surface area is 80.6 Å². The van der Waals surface area contributed by atoms with Crippen LogP contribution in [0.15, 0.2) is 35.5 Å². The molecule has 0 amide bonds. The highest BCUT2D eigenvalue weighted by molar-refractivity contribution is 9.10. The first-order chi connectivity index (χ1) is 5.74. The van der Waals surface area contributed by atoms with Gasteiger partial charge in [0, 0.05) is 10.7 Å². The summed E-state index contributed by atoms with van der Waals surface area (Å²) < 4.78 is 0.969. The van der Waals surface area contributed by atoms with E-state index in [9.17, 15) is 0 Å². The van der Waals surface area contributed by atoms with Gasteiger partial charge >= 0.3 is 0 Å². The Balaban J connectivity index is 2.74. The van der Waals surface area contributed by atoms with Crippen molar-refractivity contribution < 1.29 is 0 Å². The maximum atomic E-state index is 5.81. The molecule has 12 heavy (non-hydrogen) atoms. The van der Waals surface area contributed by atoms with Gasteiger partial charge in [-0.2, -0.15) is 0 Å². The molecule has 0 radical (unpaired) electrons. The first-order valence-corrected chi connectivity index (χ1v) is 4.51. The van der Waals surface area contributed by atoms with Gasteiger partial charge in [-0.25, -0.2) is 0 Å². The molecule has 1 aromatic rings. The molecule has 0 saturated carbocycles. The molecule has 1 unspecified atom stereocenters. The Morgan fingerprint density at radius 2 is 2.42 bits per heavy atom. The zero-order chi connectivity index (χ0) is 8.97. The van der Waals surface area contributed by atoms with E-state index >= 15 is 0 Å². The van der Waals surface area contributed by atoms with E-state index < -0.39 is 0 Å². The van der Waals surface area contributed by atoms with Crippen LogP contribution >= 0.6 is 15.9 Å². The van der Waals surface area contributed by atoms with Crippen LogP contribution in [-0.4, -0.2) is 4.98 Å². The van der Waals surface area contributed by atoms with Crippen LogP contribution < -0.4 is 5.73 Å². The molecule has 1 rings (SSSR count). The van der Waals surface area contributed by atoms with Gasteiger partial charge in [0.1, 0.15) is 0 Å². The van der Waals surface area contributed by atoms with Crippen LogP contribution in [0.4, 0.5) is 0 Å². The molecule has 64 valence electrons. The Morgan fingerprint density at radius 1 is 1.67 bits per heavy atom. The number of rotatable bonds is 3. The Hall–Kier alpha value is -0.670. The minimum atomic E-state index is -0.0319. The number of nitrogens with zero attached hydrogens (tertiary/aromatic N) is 1. The van der Waals surface area contributed by atoms with Crippen molar-refractivity contribution >= 4 is 15.9 Å². The Kier molecular flexibility index (Phi) is 3.44. The number of pyridine rings is 1. The molecule has 2 N–H and O–H groups in total. The summed E-state index contributed by atoms with van der Waals surface area (Å²) in [6.07, 6.45) is 4.31. The fourth-order valence-electron chi connectivity index (χ4n) is 0.907. The molecule has 0 aliphatic rings. The molecule has 1 heterocycles. The normalized spacial score (nSPS) is 12.5. The zero-order valence-electron chi connectivity index (χ0n) is 6.70. The number of nitrogens with two attached hydrogens (primary N) is 1. The summed E-state index contributed by atoms with van der Waals surface area (Å²) in [7, 11) is 0. The fourth-order valence-corrected chi connectivity index (χ4v) is 1.14. The van der Waals surface area contributed by atoms with Crippen LogP contribution in [0.25, 0.3) is 0 Å². The van der Waals surface area contributed by atoms with Crippen molar-refractivity contribution in [2.45, 2.75) is 12.5 Å². The third-order valence-corrected chi connectivity index (χ3v) is 2.02. The molecule has 0 aliphatic heterocycles. The van der Waals surface area contributed by atoms with E-state index in [0.29, 0.717) is 0 Å². The van der Waals surface area contributed by atoms with Crippen LogP contribution in [0, 0.1) is 0 Å². The van der Waals surface area contributed by atoms with Crippen molar-refractivity contribution in [1.29, 1.82) is 0 Å². The maximum Gasteiger partial charge on any atom is 0.0575 e. The second-order valence-corrected chi connectivity index (χ2v) is 3.45. The highest BCUT2D eigenvalue weighted by Gasteiger charge is 2.03. The summed E-state index contributed by atoms with van der Waals surface area (Å²) in [6, 6.07) is 3.82. The smallest absolute Gasteiger partial charge is 0.0575 e. The highest BCUT2D eigenvalue weighted by Crippen LogP contribution is 2.14. The molecule has 0 aliphatic carbocycles. The van der Waals surface area contributed by atoms with E-state index in [-0.39, 0.29) is 6.04 Å². The molecule has 0 aromatic carbocycles. The first kappa shape index (κ1) is 9.42. The molecule has 1 aromatic heterocycles. The molecule has 3 heteroatoms. The zero-order valence-corrected chi connectivity index (χ0v) is 8.29. The number of hydrogen-bond acceptors (Lipinski definition) is 2. The summed E-state index contributed by atoms with van der Waals surface area (Å²) in [5, 5.41) is 0. The van der Waals surface area contributed by atoms with Crippen molar-refractivity contribution in [3.8, 4) is 0 Å². The highest BCUT2D eigenvalue weighted by atomic mass is 79.9. The van der Waals surface area contributed by atoms with E-state index in [1.165, 1.54) is 0 Å². The van der Waals surface area contributed by atoms with Gasteiger partial charge in [-0.15, -0.1) is 6.58 Å². The van der Waals surface area contributed by atoms with Crippen LogP contribution in [0.2, 0.25) is 0 Å². The van der Waals surface area contributed by atoms with Crippen molar-refractivity contribution in [2.24, 2.45) is 5.73 Å². The fraction of sp³-hybridized carbons (Fsp3) is 0.222. The lowest BCUT2D eigenvalue weighted by Crippen LogP contribution is -2.10. The van der Waals surface area contributed by atoms with Gasteiger partial charge in [0.25, 0.3) is 0 Å². The van der Waals surface area contributed by atoms with E-state index in [1.807, 2.05) is 12.1 Å². The molecule has 2 nitrogen and oxygen atoms in total. The minimum Gasteiger partial charge on any atom is -0.322 e. The lowest BCUT2D eigenvalue weighted by atomic mass is 10.1. The summed E-state index contributed by atoms with van der Waals surface area (Å²) in [5.41, 5.74) is 6.71. The van der Waals surface area contributed by atoms with Gasteiger partial charge < -0.3 is 5.73 Å². The largest absolute Gasteiger partial charge is 0.322 e. The number of hydrogen-bond donors (Lipinski definition) is 1.